The Morgan fingerprint density at radius 3 is 2.41 bits per heavy atom. The average Bonchev–Trinajstić information content (AvgIpc) is 2.93. The van der Waals surface area contributed by atoms with Crippen molar-refractivity contribution in [2.45, 2.75) is 0 Å². The van der Waals surface area contributed by atoms with Crippen LogP contribution >= 0.6 is 51.5 Å². The van der Waals surface area contributed by atoms with Crippen molar-refractivity contribution >= 4 is 62.3 Å². The largest absolute Gasteiger partial charge is 0.508 e. The Bertz CT molecular complexity index is 777. The van der Waals surface area contributed by atoms with Crippen molar-refractivity contribution in [2.75, 3.05) is 5.32 Å². The molecule has 22 heavy (non-hydrogen) atoms. The molecule has 7 heteroatoms. The highest BCUT2D eigenvalue weighted by Crippen LogP contribution is 2.31. The van der Waals surface area contributed by atoms with Gasteiger partial charge >= 0.3 is 0 Å². The number of anilines is 2. The van der Waals surface area contributed by atoms with Crippen molar-refractivity contribution in [3.05, 3.63) is 57.9 Å². The van der Waals surface area contributed by atoms with E-state index in [1.165, 1.54) is 11.3 Å². The van der Waals surface area contributed by atoms with Crippen LogP contribution in [0.4, 0.5) is 10.8 Å². The summed E-state index contributed by atoms with van der Waals surface area (Å²) in [6, 6.07) is 12.2. The number of halogens is 3. The molecule has 0 amide bonds. The zero-order valence-corrected chi connectivity index (χ0v) is 15.1. The van der Waals surface area contributed by atoms with Gasteiger partial charge in [0, 0.05) is 16.6 Å². The van der Waals surface area contributed by atoms with Crippen LogP contribution in [0.1, 0.15) is 0 Å². The molecule has 1 heterocycles. The lowest BCUT2D eigenvalue weighted by molar-refractivity contribution is 0.475. The second-order valence-corrected chi connectivity index (χ2v) is 6.01. The summed E-state index contributed by atoms with van der Waals surface area (Å²) in [6.45, 7) is 0. The minimum Gasteiger partial charge on any atom is -0.508 e. The van der Waals surface area contributed by atoms with Gasteiger partial charge in [0.25, 0.3) is 0 Å². The van der Waals surface area contributed by atoms with E-state index in [-0.39, 0.29) is 22.7 Å². The van der Waals surface area contributed by atoms with E-state index in [9.17, 15) is 5.11 Å². The smallest absolute Gasteiger partial charge is 0.187 e. The highest BCUT2D eigenvalue weighted by atomic mass is 79.9. The molecule has 0 aliphatic rings. The first-order valence-corrected chi connectivity index (χ1v) is 7.72. The summed E-state index contributed by atoms with van der Waals surface area (Å²) in [5.74, 6) is 0.233. The summed E-state index contributed by atoms with van der Waals surface area (Å²) in [5.41, 5.74) is 2.61. The number of nitrogens with one attached hydrogen (secondary N) is 1. The predicted octanol–water partition coefficient (Wildman–Crippen LogP) is 6.14. The molecular formula is C15H11BrCl2N2OS. The SMILES string of the molecule is Br.Oc1ccc(Nc2nc(-c3ccc(Cl)c(Cl)c3)cs2)cc1. The Balaban J connectivity index is 0.00000176. The highest BCUT2D eigenvalue weighted by molar-refractivity contribution is 8.93. The van der Waals surface area contributed by atoms with Gasteiger partial charge in [-0.2, -0.15) is 0 Å². The minimum atomic E-state index is 0. The Morgan fingerprint density at radius 1 is 1.00 bits per heavy atom. The maximum atomic E-state index is 9.26. The van der Waals surface area contributed by atoms with Gasteiger partial charge in [-0.15, -0.1) is 28.3 Å². The molecule has 0 aliphatic carbocycles. The van der Waals surface area contributed by atoms with Gasteiger partial charge in [-0.3, -0.25) is 0 Å². The quantitative estimate of drug-likeness (QED) is 0.502. The van der Waals surface area contributed by atoms with Crippen LogP contribution in [0.3, 0.4) is 0 Å². The molecule has 114 valence electrons. The third-order valence-electron chi connectivity index (χ3n) is 2.84. The number of aromatic hydroxyl groups is 1. The van der Waals surface area contributed by atoms with Crippen molar-refractivity contribution < 1.29 is 5.11 Å². The molecule has 1 aromatic heterocycles. The van der Waals surface area contributed by atoms with Gasteiger partial charge in [-0.1, -0.05) is 29.3 Å². The number of thiazole rings is 1. The molecule has 0 atom stereocenters. The molecular weight excluding hydrogens is 407 g/mol. The van der Waals surface area contributed by atoms with Crippen molar-refractivity contribution in [1.29, 1.82) is 0 Å². The standard InChI is InChI=1S/C15H10Cl2N2OS.BrH/c16-12-6-1-9(7-13(12)17)14-8-21-15(19-14)18-10-2-4-11(20)5-3-10;/h1-8,20H,(H,18,19);1H. The van der Waals surface area contributed by atoms with Crippen LogP contribution in [-0.4, -0.2) is 10.1 Å². The number of rotatable bonds is 3. The molecule has 0 saturated carbocycles. The van der Waals surface area contributed by atoms with Gasteiger partial charge < -0.3 is 10.4 Å². The van der Waals surface area contributed by atoms with Gasteiger partial charge in [0.05, 0.1) is 15.7 Å². The van der Waals surface area contributed by atoms with Crippen LogP contribution in [0.25, 0.3) is 11.3 Å². The molecule has 3 aromatic rings. The third kappa shape index (κ3) is 3.93. The van der Waals surface area contributed by atoms with Crippen molar-refractivity contribution in [3.63, 3.8) is 0 Å². The van der Waals surface area contributed by atoms with Crippen LogP contribution < -0.4 is 5.32 Å². The number of hydrogen-bond acceptors (Lipinski definition) is 4. The fourth-order valence-electron chi connectivity index (χ4n) is 1.79. The van der Waals surface area contributed by atoms with Gasteiger partial charge in [0.15, 0.2) is 5.13 Å². The monoisotopic (exact) mass is 416 g/mol. The molecule has 0 unspecified atom stereocenters. The maximum absolute atomic E-state index is 9.26. The lowest BCUT2D eigenvalue weighted by Gasteiger charge is -2.02. The Kier molecular flexibility index (Phi) is 5.69. The third-order valence-corrected chi connectivity index (χ3v) is 4.33. The topological polar surface area (TPSA) is 45.1 Å². The summed E-state index contributed by atoms with van der Waals surface area (Å²) < 4.78 is 0. The number of phenolic OH excluding ortho intramolecular Hbond substituents is 1. The van der Waals surface area contributed by atoms with Crippen molar-refractivity contribution in [1.82, 2.24) is 4.98 Å². The van der Waals surface area contributed by atoms with E-state index in [0.29, 0.717) is 10.0 Å². The molecule has 2 N–H and O–H groups in total. The first-order chi connectivity index (χ1) is 10.1. The number of phenols is 1. The zero-order valence-electron chi connectivity index (χ0n) is 11.1. The minimum absolute atomic E-state index is 0. The van der Waals surface area contributed by atoms with Crippen LogP contribution in [0.5, 0.6) is 5.75 Å². The highest BCUT2D eigenvalue weighted by Gasteiger charge is 2.07. The number of nitrogens with zero attached hydrogens (tertiary/aromatic N) is 1. The number of aromatic nitrogens is 1. The number of benzene rings is 2. The van der Waals surface area contributed by atoms with E-state index < -0.39 is 0 Å². The lowest BCUT2D eigenvalue weighted by atomic mass is 10.2. The van der Waals surface area contributed by atoms with Crippen molar-refractivity contribution in [2.24, 2.45) is 0 Å². The van der Waals surface area contributed by atoms with E-state index in [4.69, 9.17) is 23.2 Å². The molecule has 0 radical (unpaired) electrons. The summed E-state index contributed by atoms with van der Waals surface area (Å²) in [4.78, 5) is 4.51. The van der Waals surface area contributed by atoms with Crippen LogP contribution in [0.15, 0.2) is 47.8 Å². The normalized spacial score (nSPS) is 10.1. The second-order valence-electron chi connectivity index (χ2n) is 4.34. The summed E-state index contributed by atoms with van der Waals surface area (Å²) >= 11 is 13.4. The first-order valence-electron chi connectivity index (χ1n) is 6.09. The van der Waals surface area contributed by atoms with E-state index in [2.05, 4.69) is 10.3 Å². The summed E-state index contributed by atoms with van der Waals surface area (Å²) in [6.07, 6.45) is 0. The summed E-state index contributed by atoms with van der Waals surface area (Å²) in [7, 11) is 0. The van der Waals surface area contributed by atoms with Gasteiger partial charge in [-0.05, 0) is 36.4 Å². The van der Waals surface area contributed by atoms with Crippen LogP contribution in [-0.2, 0) is 0 Å². The van der Waals surface area contributed by atoms with E-state index in [1.807, 2.05) is 11.4 Å². The lowest BCUT2D eigenvalue weighted by Crippen LogP contribution is -1.89. The molecule has 3 rings (SSSR count). The van der Waals surface area contributed by atoms with E-state index in [1.54, 1.807) is 36.4 Å². The average molecular weight is 418 g/mol. The molecule has 0 bridgehead atoms. The van der Waals surface area contributed by atoms with Crippen LogP contribution in [0, 0.1) is 0 Å². The zero-order chi connectivity index (χ0) is 14.8. The Morgan fingerprint density at radius 2 is 1.73 bits per heavy atom. The molecule has 2 aromatic carbocycles. The summed E-state index contributed by atoms with van der Waals surface area (Å²) in [5, 5.41) is 16.2. The predicted molar refractivity (Wildman–Crippen MR) is 99.3 cm³/mol. The van der Waals surface area contributed by atoms with E-state index in [0.717, 1.165) is 22.1 Å². The van der Waals surface area contributed by atoms with Crippen LogP contribution in [0.2, 0.25) is 10.0 Å². The van der Waals surface area contributed by atoms with E-state index >= 15 is 0 Å². The molecule has 0 aliphatic heterocycles. The fourth-order valence-corrected chi connectivity index (χ4v) is 2.83. The molecule has 0 fully saturated rings. The fraction of sp³-hybridized carbons (Fsp3) is 0. The van der Waals surface area contributed by atoms with Crippen molar-refractivity contribution in [3.8, 4) is 17.0 Å². The Hall–Kier alpha value is -1.27. The van der Waals surface area contributed by atoms with Gasteiger partial charge in [0.2, 0.25) is 0 Å². The van der Waals surface area contributed by atoms with Gasteiger partial charge in [0.1, 0.15) is 5.75 Å². The second kappa shape index (κ2) is 7.33. The first kappa shape index (κ1) is 17.1. The number of hydrogen-bond donors (Lipinski definition) is 2. The maximum Gasteiger partial charge on any atom is 0.187 e. The molecule has 0 saturated heterocycles. The molecule has 3 nitrogen and oxygen atoms in total. The Labute approximate surface area is 152 Å². The van der Waals surface area contributed by atoms with Gasteiger partial charge in [-0.25, -0.2) is 4.98 Å². The molecule has 0 spiro atoms.